The molecule has 1 nitrogen and oxygen atoms in total. The van der Waals surface area contributed by atoms with Crippen LogP contribution in [0.2, 0.25) is 10.0 Å². The smallest absolute Gasteiger partial charge is 0.0582 e. The molecule has 0 radical (unpaired) electrons. The third-order valence-corrected chi connectivity index (χ3v) is 12.5. The van der Waals surface area contributed by atoms with E-state index in [0.29, 0.717) is 0 Å². The van der Waals surface area contributed by atoms with Gasteiger partial charge >= 0.3 is 0 Å². The van der Waals surface area contributed by atoms with E-state index >= 15 is 0 Å². The molecule has 0 N–H and O–H groups in total. The molecule has 8 aromatic carbocycles. The Bertz CT molecular complexity index is 2830. The summed E-state index contributed by atoms with van der Waals surface area (Å²) in [5, 5.41) is 4.16. The monoisotopic (exact) mass is 857 g/mol. The topological polar surface area (TPSA) is 4.93 Å². The van der Waals surface area contributed by atoms with Crippen molar-refractivity contribution in [1.29, 1.82) is 0 Å². The van der Waals surface area contributed by atoms with Crippen molar-refractivity contribution < 1.29 is 0 Å². The second-order valence-electron chi connectivity index (χ2n) is 14.4. The highest BCUT2D eigenvalue weighted by Gasteiger charge is 2.27. The van der Waals surface area contributed by atoms with E-state index in [0.717, 1.165) is 35.0 Å². The zero-order valence-corrected chi connectivity index (χ0v) is 33.5. The number of aromatic nitrogens is 1. The van der Waals surface area contributed by atoms with Gasteiger partial charge in [0.1, 0.15) is 0 Å². The molecule has 0 aliphatic heterocycles. The Kier molecular flexibility index (Phi) is 8.86. The Hall–Kier alpha value is -5.13. The minimum atomic E-state index is 0.761. The Morgan fingerprint density at radius 3 is 1.36 bits per heavy atom. The number of halogens is 3. The van der Waals surface area contributed by atoms with Gasteiger partial charge in [-0.2, -0.15) is 0 Å². The lowest BCUT2D eigenvalue weighted by atomic mass is 9.96. The summed E-state index contributed by atoms with van der Waals surface area (Å²) in [4.78, 5) is 0. The predicted molar refractivity (Wildman–Crippen MR) is 241 cm³/mol. The van der Waals surface area contributed by atoms with Gasteiger partial charge in [-0.05, 0) is 157 Å². The van der Waals surface area contributed by atoms with Gasteiger partial charge in [-0.3, -0.25) is 0 Å². The number of nitrogens with zero attached hydrogens (tertiary/aromatic N) is 1. The van der Waals surface area contributed by atoms with E-state index in [1.165, 1.54) is 81.0 Å². The van der Waals surface area contributed by atoms with Crippen LogP contribution in [0.15, 0.2) is 170 Å². The fourth-order valence-corrected chi connectivity index (χ4v) is 9.44. The molecular weight excluding hydrogens is 824 g/mol. The predicted octanol–water partition coefficient (Wildman–Crippen LogP) is 14.8. The summed E-state index contributed by atoms with van der Waals surface area (Å²) in [5.41, 5.74) is 21.1. The van der Waals surface area contributed by atoms with E-state index in [2.05, 4.69) is 161 Å². The van der Waals surface area contributed by atoms with Gasteiger partial charge in [-0.25, -0.2) is 0 Å². The van der Waals surface area contributed by atoms with Gasteiger partial charge in [0.15, 0.2) is 0 Å². The average molecular weight is 859 g/mol. The van der Waals surface area contributed by atoms with Crippen LogP contribution in [0.1, 0.15) is 33.4 Å². The average Bonchev–Trinajstić information content (AvgIpc) is 3.99. The number of fused-ring (bicyclic) bond motifs is 14. The summed E-state index contributed by atoms with van der Waals surface area (Å²) in [6.07, 6.45) is 3.18. The fourth-order valence-electron chi connectivity index (χ4n) is 8.83. The van der Waals surface area contributed by atoms with Crippen molar-refractivity contribution in [2.24, 2.45) is 0 Å². The van der Waals surface area contributed by atoms with Crippen LogP contribution in [0.3, 0.4) is 0 Å². The molecule has 0 saturated carbocycles. The Morgan fingerprint density at radius 1 is 0.382 bits per heavy atom. The summed E-state index contributed by atoms with van der Waals surface area (Å²) < 4.78 is 3.61. The summed E-state index contributed by atoms with van der Waals surface area (Å²) in [5.74, 6) is 0. The highest BCUT2D eigenvalue weighted by Crippen LogP contribution is 2.47. The van der Waals surface area contributed by atoms with Gasteiger partial charge in [-0.1, -0.05) is 138 Å². The molecular formula is C51H34Cl2IN. The minimum absolute atomic E-state index is 0.761. The number of rotatable bonds is 1. The first kappa shape index (κ1) is 34.4. The Labute approximate surface area is 345 Å². The summed E-state index contributed by atoms with van der Waals surface area (Å²) >= 11 is 14.0. The van der Waals surface area contributed by atoms with Gasteiger partial charge in [0.2, 0.25) is 0 Å². The van der Waals surface area contributed by atoms with Crippen LogP contribution >= 0.6 is 45.8 Å². The summed E-state index contributed by atoms with van der Waals surface area (Å²) in [7, 11) is 0. The molecule has 3 aliphatic rings. The van der Waals surface area contributed by atoms with E-state index < -0.39 is 0 Å². The first-order chi connectivity index (χ1) is 27.0. The molecule has 1 heterocycles. The SMILES string of the molecule is Clc1ccc(-n2c3ccccc3c3ccc4c(c32)Cc2ccccc2-4)cc1.Clc1ccc(I)cc1.c1ccc2c(c1)Cc1c-2ccc2c1Cc1ccccc1-2. The maximum atomic E-state index is 6.15. The van der Waals surface area contributed by atoms with Crippen LogP contribution in [-0.2, 0) is 19.3 Å². The van der Waals surface area contributed by atoms with Crippen molar-refractivity contribution in [2.75, 3.05) is 0 Å². The normalized spacial score (nSPS) is 12.4. The summed E-state index contributed by atoms with van der Waals surface area (Å²) in [6.45, 7) is 0. The van der Waals surface area contributed by atoms with Crippen molar-refractivity contribution in [2.45, 2.75) is 19.3 Å². The highest BCUT2D eigenvalue weighted by molar-refractivity contribution is 14.1. The lowest BCUT2D eigenvalue weighted by molar-refractivity contribution is 1.15. The first-order valence-electron chi connectivity index (χ1n) is 18.6. The second-order valence-corrected chi connectivity index (χ2v) is 16.5. The molecule has 1 aromatic heterocycles. The number of benzene rings is 8. The maximum Gasteiger partial charge on any atom is 0.0582 e. The van der Waals surface area contributed by atoms with Crippen molar-refractivity contribution in [1.82, 2.24) is 4.57 Å². The van der Waals surface area contributed by atoms with E-state index in [1.54, 1.807) is 11.1 Å². The largest absolute Gasteiger partial charge is 0.309 e. The molecule has 0 spiro atoms. The number of hydrogen-bond acceptors (Lipinski definition) is 0. The van der Waals surface area contributed by atoms with E-state index in [-0.39, 0.29) is 0 Å². The van der Waals surface area contributed by atoms with Crippen LogP contribution in [0.4, 0.5) is 0 Å². The molecule has 264 valence electrons. The van der Waals surface area contributed by atoms with Crippen LogP contribution in [-0.4, -0.2) is 4.57 Å². The fraction of sp³-hybridized carbons (Fsp3) is 0.0588. The molecule has 0 amide bonds. The molecule has 3 aliphatic carbocycles. The van der Waals surface area contributed by atoms with Crippen LogP contribution in [0.25, 0.3) is 60.9 Å². The zero-order valence-electron chi connectivity index (χ0n) is 29.9. The lowest BCUT2D eigenvalue weighted by Crippen LogP contribution is -1.96. The number of para-hydroxylation sites is 1. The molecule has 0 fully saturated rings. The van der Waals surface area contributed by atoms with E-state index in [1.807, 2.05) is 36.4 Å². The molecule has 4 heteroatoms. The minimum Gasteiger partial charge on any atom is -0.309 e. The third kappa shape index (κ3) is 6.08. The van der Waals surface area contributed by atoms with Crippen molar-refractivity contribution in [3.05, 3.63) is 217 Å². The molecule has 0 bridgehead atoms. The Balaban J connectivity index is 0.000000116. The first-order valence-corrected chi connectivity index (χ1v) is 20.5. The van der Waals surface area contributed by atoms with Gasteiger partial charge in [-0.15, -0.1) is 0 Å². The molecule has 0 saturated heterocycles. The highest BCUT2D eigenvalue weighted by atomic mass is 127. The molecule has 0 atom stereocenters. The standard InChI is InChI=1S/C25H16ClN.C20H14.C6H4ClI/c26-17-9-11-18(12-10-17)27-24-8-4-3-7-21(24)22-14-13-20-19-6-2-1-5-16(19)15-23(20)25(22)27;1-3-7-15-13(5-1)11-19-17(15)9-10-18-16-8-4-2-6-14(16)12-20(18)19;7-5-1-3-6(8)4-2-5/h1-14H,15H2;1-10H,11-12H2;1-4H. The van der Waals surface area contributed by atoms with E-state index in [4.69, 9.17) is 23.2 Å². The Morgan fingerprint density at radius 2 is 0.818 bits per heavy atom. The molecule has 0 unspecified atom stereocenters. The van der Waals surface area contributed by atoms with Crippen molar-refractivity contribution in [3.63, 3.8) is 0 Å². The van der Waals surface area contributed by atoms with Crippen LogP contribution in [0, 0.1) is 3.57 Å². The van der Waals surface area contributed by atoms with Crippen molar-refractivity contribution in [3.8, 4) is 39.1 Å². The van der Waals surface area contributed by atoms with Gasteiger partial charge < -0.3 is 4.57 Å². The maximum absolute atomic E-state index is 6.15. The molecule has 12 rings (SSSR count). The van der Waals surface area contributed by atoms with Gasteiger partial charge in [0.25, 0.3) is 0 Å². The third-order valence-electron chi connectivity index (χ3n) is 11.3. The molecule has 55 heavy (non-hydrogen) atoms. The van der Waals surface area contributed by atoms with Crippen LogP contribution in [0.5, 0.6) is 0 Å². The van der Waals surface area contributed by atoms with Gasteiger partial charge in [0, 0.05) is 36.5 Å². The summed E-state index contributed by atoms with van der Waals surface area (Å²) in [6, 6.07) is 60.1. The molecule has 9 aromatic rings. The zero-order chi connectivity index (χ0) is 37.0. The number of hydrogen-bond donors (Lipinski definition) is 0. The van der Waals surface area contributed by atoms with Gasteiger partial charge in [0.05, 0.1) is 11.0 Å². The van der Waals surface area contributed by atoms with E-state index in [9.17, 15) is 0 Å². The quantitative estimate of drug-likeness (QED) is 0.145. The van der Waals surface area contributed by atoms with Crippen molar-refractivity contribution >= 4 is 67.6 Å². The second kappa shape index (κ2) is 14.2. The lowest BCUT2D eigenvalue weighted by Gasteiger charge is -2.11. The van der Waals surface area contributed by atoms with Crippen LogP contribution < -0.4 is 0 Å².